The molecule has 2 nitrogen and oxygen atoms in total. The number of rotatable bonds is 7. The minimum Gasteiger partial charge on any atom is -0.490 e. The van der Waals surface area contributed by atoms with E-state index in [1.807, 2.05) is 6.07 Å². The van der Waals surface area contributed by atoms with Crippen molar-refractivity contribution in [3.8, 4) is 5.75 Å². The molecule has 1 aromatic rings. The van der Waals surface area contributed by atoms with Gasteiger partial charge in [0.25, 0.3) is 0 Å². The molecule has 0 amide bonds. The fraction of sp³-hybridized carbons (Fsp3) is 0.500. The Morgan fingerprint density at radius 3 is 3.00 bits per heavy atom. The zero-order valence-electron chi connectivity index (χ0n) is 11.4. The maximum atomic E-state index is 5.82. The largest absolute Gasteiger partial charge is 0.490 e. The smallest absolute Gasteiger partial charge is 0.120 e. The average molecular weight is 245 g/mol. The Bertz CT molecular complexity index is 407. The second-order valence-corrected chi connectivity index (χ2v) is 4.87. The van der Waals surface area contributed by atoms with Crippen LogP contribution in [0, 0.1) is 0 Å². The van der Waals surface area contributed by atoms with Gasteiger partial charge in [-0.2, -0.15) is 0 Å². The number of ether oxygens (including phenoxy) is 1. The summed E-state index contributed by atoms with van der Waals surface area (Å²) >= 11 is 0. The second kappa shape index (κ2) is 6.60. The van der Waals surface area contributed by atoms with E-state index >= 15 is 0 Å². The lowest BCUT2D eigenvalue weighted by Gasteiger charge is -2.07. The van der Waals surface area contributed by atoms with Gasteiger partial charge in [0.15, 0.2) is 0 Å². The molecule has 1 aromatic carbocycles. The van der Waals surface area contributed by atoms with Crippen molar-refractivity contribution in [1.29, 1.82) is 0 Å². The number of allylic oxidation sites excluding steroid dienone is 1. The molecule has 1 fully saturated rings. The van der Waals surface area contributed by atoms with Crippen LogP contribution >= 0.6 is 0 Å². The Balaban J connectivity index is 1.93. The summed E-state index contributed by atoms with van der Waals surface area (Å²) in [5.74, 6) is 1.01. The van der Waals surface area contributed by atoms with Crippen LogP contribution in [0.3, 0.4) is 0 Å². The van der Waals surface area contributed by atoms with Gasteiger partial charge in [-0.25, -0.2) is 0 Å². The Morgan fingerprint density at radius 2 is 2.28 bits per heavy atom. The molecule has 0 radical (unpaired) electrons. The van der Waals surface area contributed by atoms with E-state index in [9.17, 15) is 0 Å². The number of nitrogens with one attached hydrogen (secondary N) is 1. The molecule has 1 saturated carbocycles. The Hall–Kier alpha value is -1.28. The predicted molar refractivity (Wildman–Crippen MR) is 76.9 cm³/mol. The van der Waals surface area contributed by atoms with E-state index in [1.54, 1.807) is 0 Å². The number of hydrogen-bond donors (Lipinski definition) is 1. The molecule has 18 heavy (non-hydrogen) atoms. The summed E-state index contributed by atoms with van der Waals surface area (Å²) in [6.07, 6.45) is 6.26. The Morgan fingerprint density at radius 1 is 1.44 bits per heavy atom. The third-order valence-electron chi connectivity index (χ3n) is 3.14. The van der Waals surface area contributed by atoms with E-state index < -0.39 is 0 Å². The van der Waals surface area contributed by atoms with Crippen LogP contribution < -0.4 is 10.1 Å². The summed E-state index contributed by atoms with van der Waals surface area (Å²) in [4.78, 5) is 0. The van der Waals surface area contributed by atoms with Gasteiger partial charge in [-0.15, -0.1) is 0 Å². The molecule has 1 aliphatic carbocycles. The Kier molecular flexibility index (Phi) is 4.82. The summed E-state index contributed by atoms with van der Waals surface area (Å²) in [5.41, 5.74) is 2.60. The maximum Gasteiger partial charge on any atom is 0.120 e. The quantitative estimate of drug-likeness (QED) is 0.741. The van der Waals surface area contributed by atoms with Crippen molar-refractivity contribution in [2.24, 2.45) is 0 Å². The van der Waals surface area contributed by atoms with Crippen molar-refractivity contribution in [3.63, 3.8) is 0 Å². The third-order valence-corrected chi connectivity index (χ3v) is 3.14. The number of hydrogen-bond acceptors (Lipinski definition) is 2. The summed E-state index contributed by atoms with van der Waals surface area (Å²) in [7, 11) is 0. The maximum absolute atomic E-state index is 5.82. The lowest BCUT2D eigenvalue weighted by molar-refractivity contribution is 0.303. The molecule has 1 aliphatic rings. The Labute approximate surface area is 110 Å². The van der Waals surface area contributed by atoms with Crippen molar-refractivity contribution in [2.75, 3.05) is 13.1 Å². The molecule has 2 rings (SSSR count). The summed E-state index contributed by atoms with van der Waals surface area (Å²) in [6.45, 7) is 6.39. The summed E-state index contributed by atoms with van der Waals surface area (Å²) < 4.78 is 5.82. The van der Waals surface area contributed by atoms with Crippen LogP contribution in [0.4, 0.5) is 0 Å². The first kappa shape index (κ1) is 13.2. The highest BCUT2D eigenvalue weighted by Crippen LogP contribution is 2.28. The molecule has 0 bridgehead atoms. The normalized spacial score (nSPS) is 15.8. The molecule has 0 heterocycles. The summed E-state index contributed by atoms with van der Waals surface area (Å²) in [6, 6.07) is 8.43. The van der Waals surface area contributed by atoms with E-state index in [4.69, 9.17) is 4.74 Å². The molecular formula is C16H23NO. The van der Waals surface area contributed by atoms with Gasteiger partial charge < -0.3 is 10.1 Å². The first-order valence-electron chi connectivity index (χ1n) is 6.94. The van der Waals surface area contributed by atoms with E-state index in [0.717, 1.165) is 25.3 Å². The minimum atomic E-state index is 0.471. The molecule has 0 aromatic heterocycles. The van der Waals surface area contributed by atoms with Crippen LogP contribution in [-0.4, -0.2) is 19.2 Å². The van der Waals surface area contributed by atoms with E-state index in [2.05, 4.69) is 43.4 Å². The van der Waals surface area contributed by atoms with Crippen LogP contribution in [0.1, 0.15) is 38.7 Å². The van der Waals surface area contributed by atoms with Gasteiger partial charge in [-0.3, -0.25) is 0 Å². The van der Waals surface area contributed by atoms with Crippen molar-refractivity contribution < 1.29 is 4.74 Å². The second-order valence-electron chi connectivity index (χ2n) is 4.87. The molecule has 1 N–H and O–H groups in total. The first-order valence-corrected chi connectivity index (χ1v) is 6.94. The summed E-state index contributed by atoms with van der Waals surface area (Å²) in [5, 5.41) is 3.33. The van der Waals surface area contributed by atoms with Crippen LogP contribution in [-0.2, 0) is 0 Å². The van der Waals surface area contributed by atoms with Crippen LogP contribution in [0.2, 0.25) is 0 Å². The van der Waals surface area contributed by atoms with Crippen molar-refractivity contribution in [2.45, 2.75) is 39.2 Å². The van der Waals surface area contributed by atoms with Gasteiger partial charge >= 0.3 is 0 Å². The molecule has 0 atom stereocenters. The van der Waals surface area contributed by atoms with Gasteiger partial charge in [0, 0.05) is 0 Å². The van der Waals surface area contributed by atoms with Gasteiger partial charge in [0.2, 0.25) is 0 Å². The van der Waals surface area contributed by atoms with Crippen LogP contribution in [0.5, 0.6) is 5.75 Å². The zero-order chi connectivity index (χ0) is 12.8. The van der Waals surface area contributed by atoms with E-state index in [0.29, 0.717) is 6.10 Å². The highest BCUT2D eigenvalue weighted by Gasteiger charge is 2.23. The monoisotopic (exact) mass is 245 g/mol. The van der Waals surface area contributed by atoms with Crippen molar-refractivity contribution in [3.05, 3.63) is 35.9 Å². The fourth-order valence-electron chi connectivity index (χ4n) is 1.88. The molecule has 0 aliphatic heterocycles. The predicted octanol–water partition coefficient (Wildman–Crippen LogP) is 3.63. The minimum absolute atomic E-state index is 0.471. The zero-order valence-corrected chi connectivity index (χ0v) is 11.4. The number of benzene rings is 1. The van der Waals surface area contributed by atoms with E-state index in [-0.39, 0.29) is 0 Å². The first-order chi connectivity index (χ1) is 8.79. The van der Waals surface area contributed by atoms with Gasteiger partial charge in [-0.05, 0) is 62.5 Å². The lowest BCUT2D eigenvalue weighted by Crippen LogP contribution is -2.13. The van der Waals surface area contributed by atoms with Gasteiger partial charge in [-0.1, -0.05) is 25.1 Å². The molecule has 0 unspecified atom stereocenters. The average Bonchev–Trinajstić information content (AvgIpc) is 3.19. The third kappa shape index (κ3) is 4.19. The van der Waals surface area contributed by atoms with Crippen LogP contribution in [0.25, 0.3) is 5.57 Å². The highest BCUT2D eigenvalue weighted by atomic mass is 16.5. The molecular weight excluding hydrogens is 222 g/mol. The van der Waals surface area contributed by atoms with Crippen molar-refractivity contribution >= 4 is 5.57 Å². The standard InChI is InChI=1S/C16H23NO/c1-3-17-11-5-6-13(2)14-7-4-8-16(12-14)18-15-9-10-15/h4,6-8,12,15,17H,3,5,9-11H2,1-2H3/b13-6-. The van der Waals surface area contributed by atoms with E-state index in [1.165, 1.54) is 24.0 Å². The SMILES string of the molecule is CCNCC/C=C(/C)c1cccc(OC2CC2)c1. The van der Waals surface area contributed by atoms with Gasteiger partial charge in [0.05, 0.1) is 6.10 Å². The molecule has 0 spiro atoms. The molecule has 2 heteroatoms. The highest BCUT2D eigenvalue weighted by molar-refractivity contribution is 5.64. The lowest BCUT2D eigenvalue weighted by atomic mass is 10.1. The van der Waals surface area contributed by atoms with Crippen molar-refractivity contribution in [1.82, 2.24) is 5.32 Å². The van der Waals surface area contributed by atoms with Gasteiger partial charge in [0.1, 0.15) is 5.75 Å². The molecule has 0 saturated heterocycles. The molecule has 98 valence electrons. The fourth-order valence-corrected chi connectivity index (χ4v) is 1.88. The topological polar surface area (TPSA) is 21.3 Å². The van der Waals surface area contributed by atoms with Crippen LogP contribution in [0.15, 0.2) is 30.3 Å².